The van der Waals surface area contributed by atoms with E-state index < -0.39 is 35.5 Å². The Bertz CT molecular complexity index is 1780. The molecule has 13 nitrogen and oxygen atoms in total. The Morgan fingerprint density at radius 1 is 0.898 bits per heavy atom. The zero-order valence-corrected chi connectivity index (χ0v) is 34.6. The minimum Gasteiger partial charge on any atom is -0.465 e. The summed E-state index contributed by atoms with van der Waals surface area (Å²) >= 11 is 6.15. The van der Waals surface area contributed by atoms with Crippen LogP contribution < -0.4 is 11.1 Å². The van der Waals surface area contributed by atoms with E-state index in [4.69, 9.17) is 26.8 Å². The predicted octanol–water partition coefficient (Wildman–Crippen LogP) is 6.28. The Morgan fingerprint density at radius 3 is 2.27 bits per heavy atom. The lowest BCUT2D eigenvalue weighted by Gasteiger charge is -2.43. The number of benzene rings is 2. The molecule has 0 spiro atoms. The van der Waals surface area contributed by atoms with Crippen molar-refractivity contribution in [1.29, 1.82) is 0 Å². The number of fused-ring (bicyclic) bond motifs is 1. The van der Waals surface area contributed by atoms with E-state index in [-0.39, 0.29) is 60.7 Å². The summed E-state index contributed by atoms with van der Waals surface area (Å²) in [5, 5.41) is 2.68. The van der Waals surface area contributed by atoms with Crippen LogP contribution >= 0.6 is 11.6 Å². The lowest BCUT2D eigenvalue weighted by atomic mass is 9.99. The lowest BCUT2D eigenvalue weighted by molar-refractivity contribution is -0.145. The van der Waals surface area contributed by atoms with Gasteiger partial charge in [-0.05, 0) is 67.9 Å². The Hall–Kier alpha value is -4.28. The number of likely N-dealkylation sites (tertiary alicyclic amines) is 2. The fourth-order valence-corrected chi connectivity index (χ4v) is 8.84. The first-order chi connectivity index (χ1) is 28.3. The van der Waals surface area contributed by atoms with Gasteiger partial charge in [-0.25, -0.2) is 9.59 Å². The summed E-state index contributed by atoms with van der Waals surface area (Å²) in [7, 11) is 0. The van der Waals surface area contributed by atoms with Crippen LogP contribution in [0.5, 0.6) is 0 Å². The molecular formula is C42H57ClF3N7O6. The summed E-state index contributed by atoms with van der Waals surface area (Å²) in [6.07, 6.45) is -0.0920. The van der Waals surface area contributed by atoms with Crippen molar-refractivity contribution in [3.63, 3.8) is 0 Å². The van der Waals surface area contributed by atoms with Gasteiger partial charge in [0.05, 0.1) is 29.4 Å². The molecule has 4 aliphatic heterocycles. The second-order valence-electron chi connectivity index (χ2n) is 16.0. The number of ether oxygens (including phenoxy) is 2. The van der Waals surface area contributed by atoms with Gasteiger partial charge in [0.1, 0.15) is 0 Å². The topological polar surface area (TPSA) is 141 Å². The molecule has 3 N–H and O–H groups in total. The van der Waals surface area contributed by atoms with E-state index in [9.17, 15) is 32.3 Å². The molecule has 6 rings (SSSR count). The maximum absolute atomic E-state index is 14.2. The molecule has 0 radical (unpaired) electrons. The number of anilines is 2. The van der Waals surface area contributed by atoms with Crippen molar-refractivity contribution in [3.05, 3.63) is 58.1 Å². The zero-order valence-electron chi connectivity index (χ0n) is 33.8. The van der Waals surface area contributed by atoms with E-state index in [0.717, 1.165) is 69.2 Å². The molecule has 0 aromatic heterocycles. The number of carbonyl (C=O) groups is 4. The number of esters is 1. The molecule has 3 saturated heterocycles. The van der Waals surface area contributed by atoms with Gasteiger partial charge in [0.25, 0.3) is 5.91 Å². The molecular weight excluding hydrogens is 791 g/mol. The minimum absolute atomic E-state index is 0.0580. The quantitative estimate of drug-likeness (QED) is 0.136. The van der Waals surface area contributed by atoms with Gasteiger partial charge in [0, 0.05) is 83.1 Å². The lowest BCUT2D eigenvalue weighted by Crippen LogP contribution is -2.55. The van der Waals surface area contributed by atoms with Crippen LogP contribution in [0, 0.1) is 0 Å². The van der Waals surface area contributed by atoms with Crippen LogP contribution in [0.15, 0.2) is 36.4 Å². The molecule has 4 amide bonds. The van der Waals surface area contributed by atoms with E-state index in [1.54, 1.807) is 9.80 Å². The minimum atomic E-state index is -4.79. The number of amides is 4. The number of nitrogens with zero attached hydrogens (tertiary/aromatic N) is 5. The normalized spacial score (nSPS) is 19.5. The van der Waals surface area contributed by atoms with Gasteiger partial charge < -0.3 is 35.2 Å². The van der Waals surface area contributed by atoms with Crippen molar-refractivity contribution >= 4 is 47.0 Å². The fraction of sp³-hybridized carbons (Fsp3) is 0.619. The van der Waals surface area contributed by atoms with Crippen molar-refractivity contribution in [3.8, 4) is 0 Å². The third-order valence-corrected chi connectivity index (χ3v) is 12.4. The van der Waals surface area contributed by atoms with Gasteiger partial charge in [-0.15, -0.1) is 0 Å². The second-order valence-corrected chi connectivity index (χ2v) is 16.4. The van der Waals surface area contributed by atoms with Gasteiger partial charge in [-0.3, -0.25) is 19.4 Å². The van der Waals surface area contributed by atoms with Crippen molar-refractivity contribution < 1.29 is 41.8 Å². The average Bonchev–Trinajstić information content (AvgIpc) is 3.39. The molecule has 17 heteroatoms. The predicted molar refractivity (Wildman–Crippen MR) is 218 cm³/mol. The van der Waals surface area contributed by atoms with E-state index in [1.807, 2.05) is 24.3 Å². The zero-order chi connectivity index (χ0) is 42.1. The molecule has 0 unspecified atom stereocenters. The Morgan fingerprint density at radius 2 is 1.58 bits per heavy atom. The molecule has 2 aromatic rings. The number of urea groups is 1. The number of hydrogen-bond acceptors (Lipinski definition) is 9. The first kappa shape index (κ1) is 44.3. The summed E-state index contributed by atoms with van der Waals surface area (Å²) in [5.74, 6) is -0.696. The highest BCUT2D eigenvalue weighted by molar-refractivity contribution is 6.33. The van der Waals surface area contributed by atoms with Crippen molar-refractivity contribution in [2.75, 3.05) is 83.1 Å². The number of alkyl halides is 3. The number of piperazine rings is 1. The molecule has 324 valence electrons. The maximum Gasteiger partial charge on any atom is 0.418 e. The SMILES string of the molecule is CCCCCCOC(=O)CN1CCN(C2CCN(C(=O)[C@@H](Cc3cc(Cl)c(N)c(C(F)(F)F)c3)OC(=O)N3CCC(N4CCc5ccccc5NC4=O)CC3)CC2)CC1. The molecule has 0 aliphatic carbocycles. The van der Waals surface area contributed by atoms with Crippen LogP contribution in [-0.2, 0) is 38.1 Å². The van der Waals surface area contributed by atoms with Gasteiger partial charge >= 0.3 is 24.3 Å². The summed E-state index contributed by atoms with van der Waals surface area (Å²) < 4.78 is 53.1. The fourth-order valence-electron chi connectivity index (χ4n) is 8.60. The van der Waals surface area contributed by atoms with Crippen LogP contribution in [0.1, 0.15) is 75.0 Å². The molecule has 1 atom stereocenters. The van der Waals surface area contributed by atoms with Gasteiger partial charge in [-0.1, -0.05) is 56.0 Å². The summed E-state index contributed by atoms with van der Waals surface area (Å²) in [6.45, 7) is 7.68. The molecule has 2 aromatic carbocycles. The third kappa shape index (κ3) is 11.7. The molecule has 4 aliphatic rings. The number of rotatable bonds is 13. The van der Waals surface area contributed by atoms with E-state index in [0.29, 0.717) is 58.3 Å². The molecule has 4 heterocycles. The number of halogens is 4. The third-order valence-electron chi connectivity index (χ3n) is 12.1. The van der Waals surface area contributed by atoms with Gasteiger partial charge in [0.15, 0.2) is 6.10 Å². The monoisotopic (exact) mass is 847 g/mol. The number of para-hydroxylation sites is 1. The first-order valence-electron chi connectivity index (χ1n) is 21.0. The van der Waals surface area contributed by atoms with E-state index >= 15 is 0 Å². The number of unbranched alkanes of at least 4 members (excludes halogenated alkanes) is 3. The van der Waals surface area contributed by atoms with Crippen molar-refractivity contribution in [2.45, 2.75) is 95.5 Å². The summed E-state index contributed by atoms with van der Waals surface area (Å²) in [4.78, 5) is 62.7. The second kappa shape index (κ2) is 20.3. The smallest absolute Gasteiger partial charge is 0.418 e. The van der Waals surface area contributed by atoms with Crippen LogP contribution in [-0.4, -0.2) is 139 Å². The first-order valence-corrected chi connectivity index (χ1v) is 21.4. The summed E-state index contributed by atoms with van der Waals surface area (Å²) in [5.41, 5.74) is 5.84. The van der Waals surface area contributed by atoms with Gasteiger partial charge in [-0.2, -0.15) is 13.2 Å². The number of hydrogen-bond donors (Lipinski definition) is 2. The largest absolute Gasteiger partial charge is 0.465 e. The van der Waals surface area contributed by atoms with E-state index in [1.165, 1.54) is 11.0 Å². The van der Waals surface area contributed by atoms with Gasteiger partial charge in [0.2, 0.25) is 0 Å². The van der Waals surface area contributed by atoms with Crippen LogP contribution in [0.25, 0.3) is 0 Å². The Kier molecular flexibility index (Phi) is 15.2. The van der Waals surface area contributed by atoms with Crippen molar-refractivity contribution in [2.24, 2.45) is 0 Å². The highest BCUT2D eigenvalue weighted by atomic mass is 35.5. The molecule has 3 fully saturated rings. The highest BCUT2D eigenvalue weighted by Gasteiger charge is 2.38. The Balaban J connectivity index is 1.04. The van der Waals surface area contributed by atoms with Crippen LogP contribution in [0.4, 0.5) is 34.1 Å². The number of nitrogens with one attached hydrogen (secondary N) is 1. The number of carbonyl (C=O) groups excluding carboxylic acids is 4. The summed E-state index contributed by atoms with van der Waals surface area (Å²) in [6, 6.07) is 9.69. The number of nitrogens with two attached hydrogens (primary N) is 1. The molecule has 59 heavy (non-hydrogen) atoms. The Labute approximate surface area is 349 Å². The maximum atomic E-state index is 14.2. The van der Waals surface area contributed by atoms with Crippen LogP contribution in [0.2, 0.25) is 5.02 Å². The van der Waals surface area contributed by atoms with E-state index in [2.05, 4.69) is 22.0 Å². The molecule has 0 saturated carbocycles. The number of nitrogen functional groups attached to an aromatic ring is 1. The average molecular weight is 848 g/mol. The standard InChI is InChI=1S/C42H57ClF3N7O6/c1-2-3-4-7-24-58-37(54)28-49-20-22-50(23-21-49)31-11-15-51(16-12-31)39(55)36(27-29-25-33(42(44,45)46)38(47)34(43)26-29)59-41(57)52-17-13-32(14-18-52)53-19-10-30-8-5-6-9-35(30)48-40(53)56/h5-6,8-9,25-26,31-32,36H,2-4,7,10-24,27-28,47H2,1H3,(H,48,56)/t36-/m1/s1. The molecule has 0 bridgehead atoms. The number of piperidine rings is 2. The van der Waals surface area contributed by atoms with Crippen LogP contribution in [0.3, 0.4) is 0 Å². The van der Waals surface area contributed by atoms with Crippen molar-refractivity contribution in [1.82, 2.24) is 24.5 Å². The highest BCUT2D eigenvalue weighted by Crippen LogP contribution is 2.38.